The van der Waals surface area contributed by atoms with Crippen molar-refractivity contribution in [1.29, 1.82) is 0 Å². The lowest BCUT2D eigenvalue weighted by Crippen LogP contribution is -1.65. The second-order valence-electron chi connectivity index (χ2n) is 1.66. The van der Waals surface area contributed by atoms with E-state index in [-0.39, 0.29) is 0 Å². The molecule has 8 heavy (non-hydrogen) atoms. The number of allylic oxidation sites excluding steroid dienone is 2. The molecule has 0 aliphatic heterocycles. The Morgan fingerprint density at radius 1 is 1.38 bits per heavy atom. The molecule has 0 radical (unpaired) electrons. The van der Waals surface area contributed by atoms with Crippen LogP contribution in [0.2, 0.25) is 0 Å². The molecule has 0 amide bonds. The van der Waals surface area contributed by atoms with E-state index in [1.807, 2.05) is 12.2 Å². The Kier molecular flexibility index (Phi) is 5.94. The lowest BCUT2D eigenvalue weighted by atomic mass is 10.3. The van der Waals surface area contributed by atoms with Gasteiger partial charge in [-0.05, 0) is 6.42 Å². The fraction of sp³-hybridized carbons (Fsp3) is 0.571. The first-order valence-corrected chi connectivity index (χ1v) is 3.00. The van der Waals surface area contributed by atoms with Crippen molar-refractivity contribution in [1.82, 2.24) is 0 Å². The highest BCUT2D eigenvalue weighted by atomic mass is 16.1. The summed E-state index contributed by atoms with van der Waals surface area (Å²) in [5, 5.41) is 0. The average molecular weight is 112 g/mol. The lowest BCUT2D eigenvalue weighted by Gasteiger charge is -1.79. The van der Waals surface area contributed by atoms with Gasteiger partial charge in [0.15, 0.2) is 0 Å². The fourth-order valence-corrected chi connectivity index (χ4v) is 0.436. The molecule has 0 saturated heterocycles. The number of rotatable bonds is 4. The SMILES string of the molecule is CCC/C=C/CC=O. The van der Waals surface area contributed by atoms with E-state index in [1.165, 1.54) is 0 Å². The van der Waals surface area contributed by atoms with E-state index >= 15 is 0 Å². The molecule has 0 aromatic heterocycles. The molecule has 1 nitrogen and oxygen atoms in total. The maximum Gasteiger partial charge on any atom is 0.123 e. The van der Waals surface area contributed by atoms with Gasteiger partial charge in [0.1, 0.15) is 6.29 Å². The smallest absolute Gasteiger partial charge is 0.123 e. The summed E-state index contributed by atoms with van der Waals surface area (Å²) >= 11 is 0. The van der Waals surface area contributed by atoms with Crippen LogP contribution in [-0.2, 0) is 4.79 Å². The van der Waals surface area contributed by atoms with Crippen LogP contribution in [0.5, 0.6) is 0 Å². The van der Waals surface area contributed by atoms with Gasteiger partial charge in [0.25, 0.3) is 0 Å². The number of hydrogen-bond donors (Lipinski definition) is 0. The minimum absolute atomic E-state index is 0.569. The van der Waals surface area contributed by atoms with Crippen molar-refractivity contribution in [2.45, 2.75) is 26.2 Å². The van der Waals surface area contributed by atoms with Crippen molar-refractivity contribution in [3.05, 3.63) is 12.2 Å². The van der Waals surface area contributed by atoms with Crippen LogP contribution in [-0.4, -0.2) is 6.29 Å². The molecule has 0 aliphatic rings. The van der Waals surface area contributed by atoms with Crippen LogP contribution in [0.15, 0.2) is 12.2 Å². The van der Waals surface area contributed by atoms with Gasteiger partial charge in [-0.2, -0.15) is 0 Å². The fourth-order valence-electron chi connectivity index (χ4n) is 0.436. The van der Waals surface area contributed by atoms with Gasteiger partial charge in [0, 0.05) is 6.42 Å². The molecule has 0 aromatic rings. The quantitative estimate of drug-likeness (QED) is 0.401. The minimum atomic E-state index is 0.569. The molecule has 0 atom stereocenters. The zero-order valence-corrected chi connectivity index (χ0v) is 5.26. The van der Waals surface area contributed by atoms with E-state index in [9.17, 15) is 4.79 Å². The normalized spacial score (nSPS) is 10.1. The van der Waals surface area contributed by atoms with Crippen molar-refractivity contribution < 1.29 is 4.79 Å². The molecule has 0 aliphatic carbocycles. The Hall–Kier alpha value is -0.590. The highest BCUT2D eigenvalue weighted by Gasteiger charge is 1.71. The highest BCUT2D eigenvalue weighted by molar-refractivity contribution is 5.51. The van der Waals surface area contributed by atoms with Crippen LogP contribution in [0.25, 0.3) is 0 Å². The van der Waals surface area contributed by atoms with Gasteiger partial charge < -0.3 is 4.79 Å². The third kappa shape index (κ3) is 5.41. The maximum atomic E-state index is 9.72. The predicted molar refractivity (Wildman–Crippen MR) is 34.7 cm³/mol. The van der Waals surface area contributed by atoms with E-state index in [0.29, 0.717) is 6.42 Å². The summed E-state index contributed by atoms with van der Waals surface area (Å²) in [4.78, 5) is 9.72. The summed E-state index contributed by atoms with van der Waals surface area (Å²) < 4.78 is 0. The lowest BCUT2D eigenvalue weighted by molar-refractivity contribution is -0.107. The zero-order chi connectivity index (χ0) is 6.24. The molecule has 0 heterocycles. The first kappa shape index (κ1) is 7.41. The zero-order valence-electron chi connectivity index (χ0n) is 5.26. The van der Waals surface area contributed by atoms with E-state index in [0.717, 1.165) is 19.1 Å². The number of carbonyl (C=O) groups excluding carboxylic acids is 1. The summed E-state index contributed by atoms with van der Waals surface area (Å²) in [6, 6.07) is 0. The van der Waals surface area contributed by atoms with Crippen molar-refractivity contribution >= 4 is 6.29 Å². The first-order valence-electron chi connectivity index (χ1n) is 3.00. The van der Waals surface area contributed by atoms with E-state index < -0.39 is 0 Å². The Morgan fingerprint density at radius 2 is 2.12 bits per heavy atom. The summed E-state index contributed by atoms with van der Waals surface area (Å²) in [7, 11) is 0. The summed E-state index contributed by atoms with van der Waals surface area (Å²) in [5.41, 5.74) is 0. The van der Waals surface area contributed by atoms with Crippen molar-refractivity contribution in [2.75, 3.05) is 0 Å². The van der Waals surface area contributed by atoms with Crippen LogP contribution < -0.4 is 0 Å². The molecular formula is C7H12O. The number of carbonyl (C=O) groups is 1. The van der Waals surface area contributed by atoms with Crippen LogP contribution in [0, 0.1) is 0 Å². The van der Waals surface area contributed by atoms with Crippen molar-refractivity contribution in [3.63, 3.8) is 0 Å². The summed E-state index contributed by atoms with van der Waals surface area (Å²) in [6.45, 7) is 2.12. The second-order valence-corrected chi connectivity index (χ2v) is 1.66. The van der Waals surface area contributed by atoms with Crippen LogP contribution in [0.4, 0.5) is 0 Å². The molecule has 1 heteroatoms. The predicted octanol–water partition coefficient (Wildman–Crippen LogP) is 1.93. The van der Waals surface area contributed by atoms with E-state index in [4.69, 9.17) is 0 Å². The third-order valence-electron chi connectivity index (χ3n) is 0.854. The van der Waals surface area contributed by atoms with Gasteiger partial charge >= 0.3 is 0 Å². The van der Waals surface area contributed by atoms with Crippen LogP contribution in [0.3, 0.4) is 0 Å². The second kappa shape index (κ2) is 6.41. The standard InChI is InChI=1S/C7H12O/c1-2-3-4-5-6-7-8/h4-5,7H,2-3,6H2,1H3/b5-4+. The molecule has 0 saturated carbocycles. The monoisotopic (exact) mass is 112 g/mol. The molecule has 0 rings (SSSR count). The Labute approximate surface area is 50.4 Å². The van der Waals surface area contributed by atoms with Crippen molar-refractivity contribution in [2.24, 2.45) is 0 Å². The number of aldehydes is 1. The largest absolute Gasteiger partial charge is 0.303 e. The highest BCUT2D eigenvalue weighted by Crippen LogP contribution is 1.88. The Balaban J connectivity index is 2.94. The van der Waals surface area contributed by atoms with Gasteiger partial charge in [-0.1, -0.05) is 25.5 Å². The average Bonchev–Trinajstić information content (AvgIpc) is 1.81. The molecule has 0 bridgehead atoms. The van der Waals surface area contributed by atoms with E-state index in [2.05, 4.69) is 6.92 Å². The molecule has 0 aromatic carbocycles. The first-order chi connectivity index (χ1) is 3.91. The van der Waals surface area contributed by atoms with Gasteiger partial charge in [0.05, 0.1) is 0 Å². The van der Waals surface area contributed by atoms with Gasteiger partial charge in [-0.3, -0.25) is 0 Å². The number of hydrogen-bond acceptors (Lipinski definition) is 1. The topological polar surface area (TPSA) is 17.1 Å². The van der Waals surface area contributed by atoms with Crippen LogP contribution in [0.1, 0.15) is 26.2 Å². The molecule has 46 valence electrons. The summed E-state index contributed by atoms with van der Waals surface area (Å²) in [6.07, 6.45) is 7.67. The molecule has 0 fully saturated rings. The molecular weight excluding hydrogens is 100 g/mol. The molecule has 0 N–H and O–H groups in total. The van der Waals surface area contributed by atoms with Gasteiger partial charge in [-0.15, -0.1) is 0 Å². The van der Waals surface area contributed by atoms with Crippen molar-refractivity contribution in [3.8, 4) is 0 Å². The van der Waals surface area contributed by atoms with Gasteiger partial charge in [0.2, 0.25) is 0 Å². The summed E-state index contributed by atoms with van der Waals surface area (Å²) in [5.74, 6) is 0. The van der Waals surface area contributed by atoms with Crippen LogP contribution >= 0.6 is 0 Å². The third-order valence-corrected chi connectivity index (χ3v) is 0.854. The maximum absolute atomic E-state index is 9.72. The van der Waals surface area contributed by atoms with Gasteiger partial charge in [-0.25, -0.2) is 0 Å². The Bertz CT molecular complexity index is 74.5. The van der Waals surface area contributed by atoms with E-state index in [1.54, 1.807) is 0 Å². The Morgan fingerprint density at radius 3 is 2.62 bits per heavy atom. The molecule has 0 spiro atoms. The number of unbranched alkanes of at least 4 members (excludes halogenated alkanes) is 1. The minimum Gasteiger partial charge on any atom is -0.303 e. The molecule has 0 unspecified atom stereocenters.